The highest BCUT2D eigenvalue weighted by molar-refractivity contribution is 7.15. The highest BCUT2D eigenvalue weighted by Crippen LogP contribution is 2.44. The van der Waals surface area contributed by atoms with E-state index in [9.17, 15) is 4.39 Å². The molecule has 0 fully saturated rings. The second-order valence-electron chi connectivity index (χ2n) is 6.49. The normalized spacial score (nSPS) is 20.1. The zero-order chi connectivity index (χ0) is 15.2. The summed E-state index contributed by atoms with van der Waals surface area (Å²) in [5.74, 6) is -0.227. The van der Waals surface area contributed by atoms with Crippen LogP contribution in [0.15, 0.2) is 24.3 Å². The molecule has 0 radical (unpaired) electrons. The van der Waals surface area contributed by atoms with E-state index in [1.54, 1.807) is 23.5 Å². The highest BCUT2D eigenvalue weighted by Gasteiger charge is 2.33. The summed E-state index contributed by atoms with van der Waals surface area (Å²) in [4.78, 5) is 7.95. The van der Waals surface area contributed by atoms with Gasteiger partial charge >= 0.3 is 0 Å². The minimum Gasteiger partial charge on any atom is -0.323 e. The van der Waals surface area contributed by atoms with Gasteiger partial charge in [-0.25, -0.2) is 9.37 Å². The Kier molecular flexibility index (Phi) is 3.50. The first-order valence-corrected chi connectivity index (χ1v) is 7.92. The number of aromatic nitrogens is 1. The molecule has 3 rings (SSSR count). The zero-order valence-corrected chi connectivity index (χ0v) is 13.4. The molecule has 1 aromatic carbocycles. The molecule has 0 amide bonds. The number of hydrogen-bond acceptors (Lipinski definition) is 4. The molecule has 1 aliphatic rings. The molecule has 3 nitrogen and oxygen atoms in total. The van der Waals surface area contributed by atoms with Crippen molar-refractivity contribution in [1.82, 2.24) is 4.98 Å². The van der Waals surface area contributed by atoms with Gasteiger partial charge in [0, 0.05) is 23.7 Å². The molecule has 2 N–H and O–H groups in total. The molecule has 0 aliphatic heterocycles. The third-order valence-electron chi connectivity index (χ3n) is 3.97. The minimum atomic E-state index is -0.227. The maximum atomic E-state index is 13.0. The van der Waals surface area contributed by atoms with E-state index in [4.69, 9.17) is 10.7 Å². The van der Waals surface area contributed by atoms with Crippen LogP contribution in [0.2, 0.25) is 0 Å². The van der Waals surface area contributed by atoms with Crippen LogP contribution in [0.4, 0.5) is 15.2 Å². The molecule has 0 bridgehead atoms. The fraction of sp³-hybridized carbons (Fsp3) is 0.438. The average Bonchev–Trinajstić information content (AvgIpc) is 2.81. The fourth-order valence-electron chi connectivity index (χ4n) is 2.90. The maximum Gasteiger partial charge on any atom is 0.190 e. The third-order valence-corrected chi connectivity index (χ3v) is 5.28. The van der Waals surface area contributed by atoms with Gasteiger partial charge in [0.15, 0.2) is 5.13 Å². The minimum absolute atomic E-state index is 0.0663. The summed E-state index contributed by atoms with van der Waals surface area (Å²) in [7, 11) is 1.95. The lowest BCUT2D eigenvalue weighted by molar-refractivity contribution is 0.282. The molecule has 112 valence electrons. The van der Waals surface area contributed by atoms with Crippen molar-refractivity contribution in [3.05, 3.63) is 40.7 Å². The molecule has 21 heavy (non-hydrogen) atoms. The Morgan fingerprint density at radius 3 is 2.67 bits per heavy atom. The summed E-state index contributed by atoms with van der Waals surface area (Å²) in [5.41, 5.74) is 8.54. The number of halogens is 1. The molecule has 0 spiro atoms. The van der Waals surface area contributed by atoms with Crippen molar-refractivity contribution in [3.8, 4) is 0 Å². The molecule has 2 aromatic rings. The van der Waals surface area contributed by atoms with Crippen LogP contribution in [-0.4, -0.2) is 12.0 Å². The number of nitrogens with two attached hydrogens (primary N) is 1. The molecular formula is C16H20FN3S. The van der Waals surface area contributed by atoms with Crippen molar-refractivity contribution >= 4 is 22.2 Å². The van der Waals surface area contributed by atoms with Crippen molar-refractivity contribution < 1.29 is 4.39 Å². The van der Waals surface area contributed by atoms with Gasteiger partial charge in [0.1, 0.15) is 5.82 Å². The molecule has 1 aromatic heterocycles. The van der Waals surface area contributed by atoms with Gasteiger partial charge in [0.25, 0.3) is 0 Å². The molecule has 1 unspecified atom stereocenters. The number of fused-ring (bicyclic) bond motifs is 1. The van der Waals surface area contributed by atoms with Crippen molar-refractivity contribution in [2.75, 3.05) is 11.9 Å². The summed E-state index contributed by atoms with van der Waals surface area (Å²) < 4.78 is 13.0. The van der Waals surface area contributed by atoms with Crippen LogP contribution in [0.1, 0.15) is 36.9 Å². The lowest BCUT2D eigenvalue weighted by Gasteiger charge is -2.32. The molecule has 1 atom stereocenters. The van der Waals surface area contributed by atoms with Crippen molar-refractivity contribution in [2.45, 2.75) is 32.7 Å². The Morgan fingerprint density at radius 1 is 1.33 bits per heavy atom. The fourth-order valence-corrected chi connectivity index (χ4v) is 3.96. The van der Waals surface area contributed by atoms with E-state index in [-0.39, 0.29) is 17.3 Å². The second-order valence-corrected chi connectivity index (χ2v) is 7.50. The van der Waals surface area contributed by atoms with Crippen molar-refractivity contribution in [3.63, 3.8) is 0 Å². The second kappa shape index (κ2) is 5.07. The summed E-state index contributed by atoms with van der Waals surface area (Å²) >= 11 is 1.65. The topological polar surface area (TPSA) is 42.2 Å². The van der Waals surface area contributed by atoms with Crippen LogP contribution in [0.5, 0.6) is 0 Å². The van der Waals surface area contributed by atoms with Crippen molar-refractivity contribution in [1.29, 1.82) is 0 Å². The van der Waals surface area contributed by atoms with Crippen LogP contribution < -0.4 is 10.6 Å². The van der Waals surface area contributed by atoms with E-state index in [1.165, 1.54) is 17.0 Å². The van der Waals surface area contributed by atoms with Crippen LogP contribution in [0.25, 0.3) is 0 Å². The first-order chi connectivity index (χ1) is 9.85. The quantitative estimate of drug-likeness (QED) is 0.911. The molecule has 0 saturated carbocycles. The molecule has 0 saturated heterocycles. The van der Waals surface area contributed by atoms with Gasteiger partial charge in [-0.15, -0.1) is 0 Å². The van der Waals surface area contributed by atoms with Crippen molar-refractivity contribution in [2.24, 2.45) is 11.1 Å². The Balaban J connectivity index is 1.92. The van der Waals surface area contributed by atoms with E-state index < -0.39 is 0 Å². The number of anilines is 2. The number of nitrogens with zero attached hydrogens (tertiary/aromatic N) is 2. The lowest BCUT2D eigenvalue weighted by atomic mass is 9.77. The largest absolute Gasteiger partial charge is 0.323 e. The Morgan fingerprint density at radius 2 is 2.00 bits per heavy atom. The first-order valence-electron chi connectivity index (χ1n) is 7.10. The Hall–Kier alpha value is -1.46. The van der Waals surface area contributed by atoms with Gasteiger partial charge in [-0.3, -0.25) is 0 Å². The van der Waals surface area contributed by atoms with Gasteiger partial charge < -0.3 is 10.6 Å². The molecular weight excluding hydrogens is 285 g/mol. The van der Waals surface area contributed by atoms with Gasteiger partial charge in [-0.1, -0.05) is 25.2 Å². The number of rotatable bonds is 2. The van der Waals surface area contributed by atoms with Crippen LogP contribution in [0, 0.1) is 11.2 Å². The smallest absolute Gasteiger partial charge is 0.190 e. The standard InChI is InChI=1S/C16H20FN3S/c1-16(2)8-12(18)14-13(9-16)19-15(21-14)20(3)11-6-4-10(17)5-7-11/h4-7,12H,8-9,18H2,1-3H3. The predicted octanol–water partition coefficient (Wildman–Crippen LogP) is 4.02. The summed E-state index contributed by atoms with van der Waals surface area (Å²) in [6, 6.07) is 6.53. The van der Waals surface area contributed by atoms with E-state index in [2.05, 4.69) is 13.8 Å². The van der Waals surface area contributed by atoms with Gasteiger partial charge in [0.05, 0.1) is 5.69 Å². The zero-order valence-electron chi connectivity index (χ0n) is 12.6. The van der Waals surface area contributed by atoms with Crippen LogP contribution in [0.3, 0.4) is 0 Å². The van der Waals surface area contributed by atoms with Crippen LogP contribution >= 0.6 is 11.3 Å². The summed E-state index contributed by atoms with van der Waals surface area (Å²) in [6.07, 6.45) is 1.95. The van der Waals surface area contributed by atoms with Gasteiger partial charge in [-0.05, 0) is 42.5 Å². The molecule has 1 heterocycles. The average molecular weight is 305 g/mol. The Bertz CT molecular complexity index is 648. The maximum absolute atomic E-state index is 13.0. The summed E-state index contributed by atoms with van der Waals surface area (Å²) in [6.45, 7) is 4.47. The molecule has 1 aliphatic carbocycles. The number of thiazole rings is 1. The lowest BCUT2D eigenvalue weighted by Crippen LogP contribution is -2.28. The highest BCUT2D eigenvalue weighted by atomic mass is 32.1. The SMILES string of the molecule is CN(c1ccc(F)cc1)c1nc2c(s1)C(N)CC(C)(C)C2. The summed E-state index contributed by atoms with van der Waals surface area (Å²) in [5, 5.41) is 0.916. The van der Waals surface area contributed by atoms with E-state index in [0.29, 0.717) is 0 Å². The third kappa shape index (κ3) is 2.80. The van der Waals surface area contributed by atoms with E-state index >= 15 is 0 Å². The van der Waals surface area contributed by atoms with Gasteiger partial charge in [-0.2, -0.15) is 0 Å². The number of benzene rings is 1. The monoisotopic (exact) mass is 305 g/mol. The molecule has 5 heteroatoms. The predicted molar refractivity (Wildman–Crippen MR) is 85.6 cm³/mol. The van der Waals surface area contributed by atoms with E-state index in [0.717, 1.165) is 29.4 Å². The van der Waals surface area contributed by atoms with Crippen LogP contribution in [-0.2, 0) is 6.42 Å². The van der Waals surface area contributed by atoms with E-state index in [1.807, 2.05) is 11.9 Å². The number of hydrogen-bond donors (Lipinski definition) is 1. The van der Waals surface area contributed by atoms with Gasteiger partial charge in [0.2, 0.25) is 0 Å². The Labute approximate surface area is 128 Å². The first kappa shape index (κ1) is 14.5.